The van der Waals surface area contributed by atoms with Crippen LogP contribution in [0, 0.1) is 0 Å². The fraction of sp³-hybridized carbons (Fsp3) is 0.435. The number of amides is 2. The van der Waals surface area contributed by atoms with Crippen molar-refractivity contribution in [3.8, 4) is 11.6 Å². The van der Waals surface area contributed by atoms with Crippen molar-refractivity contribution in [1.29, 1.82) is 0 Å². The van der Waals surface area contributed by atoms with E-state index in [-0.39, 0.29) is 11.8 Å². The molecule has 0 spiro atoms. The predicted octanol–water partition coefficient (Wildman–Crippen LogP) is 2.45. The van der Waals surface area contributed by atoms with E-state index in [0.717, 1.165) is 39.3 Å². The Balaban J connectivity index is 1.28. The zero-order valence-electron chi connectivity index (χ0n) is 17.6. The normalized spacial score (nSPS) is 16.1. The molecule has 1 N–H and O–H groups in total. The zero-order valence-corrected chi connectivity index (χ0v) is 17.6. The number of fused-ring (bicyclic) bond motifs is 2. The Hall–Kier alpha value is -2.97. The minimum absolute atomic E-state index is 0.0100. The van der Waals surface area contributed by atoms with Gasteiger partial charge in [0.15, 0.2) is 5.75 Å². The van der Waals surface area contributed by atoms with Crippen LogP contribution in [0.2, 0.25) is 0 Å². The van der Waals surface area contributed by atoms with Gasteiger partial charge in [0, 0.05) is 38.8 Å². The van der Waals surface area contributed by atoms with E-state index >= 15 is 0 Å². The Kier molecular flexibility index (Phi) is 7.11. The number of morpholine rings is 1. The fourth-order valence-corrected chi connectivity index (χ4v) is 3.82. The standard InChI is InChI=1S/C23H28N4O4/c28-21(24-11-5-12-26-14-16-30-17-15-26)9-4-13-27-19-7-1-2-8-20(19)31-22-18(23(27)29)6-3-10-25-22/h1-3,6-8,10H,4-5,9,11-17H2,(H,24,28). The van der Waals surface area contributed by atoms with Crippen LogP contribution < -0.4 is 15.0 Å². The Labute approximate surface area is 182 Å². The lowest BCUT2D eigenvalue weighted by atomic mass is 10.2. The van der Waals surface area contributed by atoms with E-state index < -0.39 is 0 Å². The topological polar surface area (TPSA) is 84.0 Å². The number of nitrogens with one attached hydrogen (secondary N) is 1. The van der Waals surface area contributed by atoms with Crippen LogP contribution in [0.25, 0.3) is 0 Å². The number of anilines is 1. The van der Waals surface area contributed by atoms with Crippen LogP contribution in [0.5, 0.6) is 11.6 Å². The number of hydrogen-bond acceptors (Lipinski definition) is 6. The van der Waals surface area contributed by atoms with Gasteiger partial charge in [-0.1, -0.05) is 12.1 Å². The Morgan fingerprint density at radius 1 is 1.06 bits per heavy atom. The highest BCUT2D eigenvalue weighted by molar-refractivity contribution is 6.09. The van der Waals surface area contributed by atoms with Crippen molar-refractivity contribution >= 4 is 17.5 Å². The number of aromatic nitrogens is 1. The first-order valence-corrected chi connectivity index (χ1v) is 10.8. The van der Waals surface area contributed by atoms with Gasteiger partial charge in [-0.3, -0.25) is 14.5 Å². The van der Waals surface area contributed by atoms with Gasteiger partial charge in [-0.25, -0.2) is 4.98 Å². The van der Waals surface area contributed by atoms with Crippen molar-refractivity contribution in [1.82, 2.24) is 15.2 Å². The molecule has 2 amide bonds. The van der Waals surface area contributed by atoms with Crippen molar-refractivity contribution in [2.75, 3.05) is 50.8 Å². The zero-order chi connectivity index (χ0) is 21.5. The molecule has 4 rings (SSSR count). The number of carbonyl (C=O) groups excluding carboxylic acids is 2. The summed E-state index contributed by atoms with van der Waals surface area (Å²) in [4.78, 5) is 33.6. The molecule has 2 aliphatic heterocycles. The van der Waals surface area contributed by atoms with Gasteiger partial charge in [-0.15, -0.1) is 0 Å². The van der Waals surface area contributed by atoms with Crippen LogP contribution >= 0.6 is 0 Å². The van der Waals surface area contributed by atoms with E-state index in [2.05, 4.69) is 15.2 Å². The molecule has 0 bridgehead atoms. The number of benzene rings is 1. The first kappa shape index (κ1) is 21.3. The molecular weight excluding hydrogens is 396 g/mol. The second-order valence-electron chi connectivity index (χ2n) is 7.64. The minimum atomic E-state index is -0.168. The van der Waals surface area contributed by atoms with E-state index in [4.69, 9.17) is 9.47 Å². The van der Waals surface area contributed by atoms with Gasteiger partial charge in [0.05, 0.1) is 18.9 Å². The van der Waals surface area contributed by atoms with Crippen LogP contribution in [0.4, 0.5) is 5.69 Å². The number of hydrogen-bond donors (Lipinski definition) is 1. The molecule has 1 aromatic heterocycles. The molecule has 164 valence electrons. The molecule has 8 heteroatoms. The molecule has 2 aliphatic rings. The van der Waals surface area contributed by atoms with Crippen molar-refractivity contribution in [2.24, 2.45) is 0 Å². The van der Waals surface area contributed by atoms with Gasteiger partial charge in [-0.05, 0) is 43.7 Å². The van der Waals surface area contributed by atoms with Gasteiger partial charge >= 0.3 is 0 Å². The van der Waals surface area contributed by atoms with Gasteiger partial charge < -0.3 is 19.7 Å². The molecule has 0 saturated carbocycles. The molecule has 1 saturated heterocycles. The number of ether oxygens (including phenoxy) is 2. The quantitative estimate of drug-likeness (QED) is 0.656. The second kappa shape index (κ2) is 10.4. The first-order chi connectivity index (χ1) is 15.2. The number of para-hydroxylation sites is 2. The molecule has 1 fully saturated rings. The van der Waals surface area contributed by atoms with Crippen LogP contribution in [-0.4, -0.2) is 67.6 Å². The maximum atomic E-state index is 13.1. The van der Waals surface area contributed by atoms with E-state index in [1.807, 2.05) is 24.3 Å². The Morgan fingerprint density at radius 3 is 2.77 bits per heavy atom. The SMILES string of the molecule is O=C(CCCN1C(=O)c2cccnc2Oc2ccccc21)NCCCN1CCOCC1. The average molecular weight is 425 g/mol. The average Bonchev–Trinajstić information content (AvgIpc) is 2.92. The maximum Gasteiger partial charge on any atom is 0.263 e. The van der Waals surface area contributed by atoms with Gasteiger partial charge in [0.1, 0.15) is 5.56 Å². The predicted molar refractivity (Wildman–Crippen MR) is 117 cm³/mol. The third-order valence-corrected chi connectivity index (χ3v) is 5.47. The summed E-state index contributed by atoms with van der Waals surface area (Å²) in [7, 11) is 0. The summed E-state index contributed by atoms with van der Waals surface area (Å²) >= 11 is 0. The summed E-state index contributed by atoms with van der Waals surface area (Å²) < 4.78 is 11.2. The molecular formula is C23H28N4O4. The summed E-state index contributed by atoms with van der Waals surface area (Å²) in [5, 5.41) is 2.98. The maximum absolute atomic E-state index is 13.1. The lowest BCUT2D eigenvalue weighted by molar-refractivity contribution is -0.121. The molecule has 1 aromatic carbocycles. The van der Waals surface area contributed by atoms with Crippen molar-refractivity contribution in [2.45, 2.75) is 19.3 Å². The van der Waals surface area contributed by atoms with E-state index in [1.54, 1.807) is 23.2 Å². The van der Waals surface area contributed by atoms with Crippen LogP contribution in [0.1, 0.15) is 29.6 Å². The molecule has 0 unspecified atom stereocenters. The Morgan fingerprint density at radius 2 is 1.90 bits per heavy atom. The number of nitrogens with zero attached hydrogens (tertiary/aromatic N) is 3. The molecule has 0 radical (unpaired) electrons. The van der Waals surface area contributed by atoms with Crippen LogP contribution in [0.15, 0.2) is 42.6 Å². The first-order valence-electron chi connectivity index (χ1n) is 10.8. The summed E-state index contributed by atoms with van der Waals surface area (Å²) in [6, 6.07) is 10.8. The van der Waals surface area contributed by atoms with E-state index in [1.165, 1.54) is 0 Å². The summed E-state index contributed by atoms with van der Waals surface area (Å²) in [6.45, 7) is 5.55. The summed E-state index contributed by atoms with van der Waals surface area (Å²) in [6.07, 6.45) is 3.45. The Bertz CT molecular complexity index is 914. The van der Waals surface area contributed by atoms with Crippen LogP contribution in [-0.2, 0) is 9.53 Å². The highest BCUT2D eigenvalue weighted by atomic mass is 16.5. The summed E-state index contributed by atoms with van der Waals surface area (Å²) in [5.41, 5.74) is 1.11. The summed E-state index contributed by atoms with van der Waals surface area (Å²) in [5.74, 6) is 0.733. The number of rotatable bonds is 8. The lowest BCUT2D eigenvalue weighted by Crippen LogP contribution is -2.38. The highest BCUT2D eigenvalue weighted by Gasteiger charge is 2.28. The van der Waals surface area contributed by atoms with E-state index in [9.17, 15) is 9.59 Å². The van der Waals surface area contributed by atoms with Crippen molar-refractivity contribution < 1.29 is 19.1 Å². The largest absolute Gasteiger partial charge is 0.436 e. The smallest absolute Gasteiger partial charge is 0.263 e. The highest BCUT2D eigenvalue weighted by Crippen LogP contribution is 2.37. The number of carbonyl (C=O) groups is 2. The van der Waals surface area contributed by atoms with Gasteiger partial charge in [-0.2, -0.15) is 0 Å². The lowest BCUT2D eigenvalue weighted by Gasteiger charge is -2.26. The van der Waals surface area contributed by atoms with Crippen LogP contribution in [0.3, 0.4) is 0 Å². The van der Waals surface area contributed by atoms with Crippen molar-refractivity contribution in [3.05, 3.63) is 48.2 Å². The second-order valence-corrected chi connectivity index (χ2v) is 7.64. The molecule has 2 aromatic rings. The fourth-order valence-electron chi connectivity index (χ4n) is 3.82. The van der Waals surface area contributed by atoms with Crippen molar-refractivity contribution in [3.63, 3.8) is 0 Å². The molecule has 0 aliphatic carbocycles. The third-order valence-electron chi connectivity index (χ3n) is 5.47. The van der Waals surface area contributed by atoms with E-state index in [0.29, 0.717) is 48.8 Å². The molecule has 8 nitrogen and oxygen atoms in total. The molecule has 0 atom stereocenters. The monoisotopic (exact) mass is 424 g/mol. The molecule has 3 heterocycles. The van der Waals surface area contributed by atoms with Gasteiger partial charge in [0.2, 0.25) is 11.8 Å². The van der Waals surface area contributed by atoms with Gasteiger partial charge in [0.25, 0.3) is 5.91 Å². The minimum Gasteiger partial charge on any atom is -0.436 e. The third kappa shape index (κ3) is 5.39. The molecule has 31 heavy (non-hydrogen) atoms. The number of pyridine rings is 1.